The second-order valence-corrected chi connectivity index (χ2v) is 4.77. The second-order valence-electron chi connectivity index (χ2n) is 3.48. The zero-order chi connectivity index (χ0) is 12.3. The lowest BCUT2D eigenvalue weighted by Gasteiger charge is -1.99. The Balaban J connectivity index is 2.24. The molecule has 17 heavy (non-hydrogen) atoms. The Kier molecular flexibility index (Phi) is 4.15. The number of hydrogen-bond acceptors (Lipinski definition) is 4. The van der Waals surface area contributed by atoms with Gasteiger partial charge in [0.1, 0.15) is 0 Å². The molecule has 90 valence electrons. The molecule has 1 aromatic heterocycles. The minimum absolute atomic E-state index is 0.500. The maximum atomic E-state index is 5.87. The van der Waals surface area contributed by atoms with Crippen LogP contribution in [0.25, 0.3) is 11.5 Å². The van der Waals surface area contributed by atoms with Gasteiger partial charge in [0.25, 0.3) is 0 Å². The lowest BCUT2D eigenvalue weighted by molar-refractivity contribution is 0.500. The van der Waals surface area contributed by atoms with Crippen molar-refractivity contribution in [2.75, 3.05) is 13.6 Å². The molecule has 4 nitrogen and oxygen atoms in total. The van der Waals surface area contributed by atoms with Crippen molar-refractivity contribution >= 4 is 27.5 Å². The van der Waals surface area contributed by atoms with Crippen LogP contribution in [-0.4, -0.2) is 23.8 Å². The summed E-state index contributed by atoms with van der Waals surface area (Å²) in [6.45, 7) is 0.809. The third-order valence-corrected chi connectivity index (χ3v) is 3.11. The maximum Gasteiger partial charge on any atom is 0.248 e. The molecule has 0 saturated carbocycles. The molecule has 0 spiro atoms. The Morgan fingerprint density at radius 3 is 2.94 bits per heavy atom. The largest absolute Gasteiger partial charge is 0.421 e. The van der Waals surface area contributed by atoms with Crippen LogP contribution in [-0.2, 0) is 6.42 Å². The first-order chi connectivity index (χ1) is 8.20. The fourth-order valence-corrected chi connectivity index (χ4v) is 2.21. The van der Waals surface area contributed by atoms with E-state index in [2.05, 4.69) is 31.4 Å². The quantitative estimate of drug-likeness (QED) is 0.942. The molecule has 6 heteroatoms. The summed E-state index contributed by atoms with van der Waals surface area (Å²) in [7, 11) is 1.88. The topological polar surface area (TPSA) is 51.0 Å². The number of nitrogens with one attached hydrogen (secondary N) is 1. The highest BCUT2D eigenvalue weighted by atomic mass is 79.9. The average molecular weight is 317 g/mol. The third kappa shape index (κ3) is 3.06. The minimum atomic E-state index is 0.500. The van der Waals surface area contributed by atoms with Gasteiger partial charge in [-0.2, -0.15) is 0 Å². The highest BCUT2D eigenvalue weighted by Gasteiger charge is 2.11. The average Bonchev–Trinajstić information content (AvgIpc) is 2.75. The maximum absolute atomic E-state index is 5.87. The van der Waals surface area contributed by atoms with E-state index >= 15 is 0 Å². The molecule has 2 rings (SSSR count). The summed E-state index contributed by atoms with van der Waals surface area (Å²) in [4.78, 5) is 0. The fraction of sp³-hybridized carbons (Fsp3) is 0.273. The summed E-state index contributed by atoms with van der Waals surface area (Å²) in [6, 6.07) is 5.44. The van der Waals surface area contributed by atoms with Crippen molar-refractivity contribution in [2.24, 2.45) is 0 Å². The summed E-state index contributed by atoms with van der Waals surface area (Å²) in [5.41, 5.74) is 0.845. The van der Waals surface area contributed by atoms with Crippen molar-refractivity contribution in [2.45, 2.75) is 6.42 Å². The summed E-state index contributed by atoms with van der Waals surface area (Å²) >= 11 is 9.29. The molecule has 0 saturated heterocycles. The van der Waals surface area contributed by atoms with E-state index in [1.54, 1.807) is 12.1 Å². The molecule has 0 aliphatic heterocycles. The summed E-state index contributed by atoms with van der Waals surface area (Å²) in [6.07, 6.45) is 0.717. The number of likely N-dealkylation sites (N-methyl/N-ethyl adjacent to an activating group) is 1. The molecule has 0 aliphatic carbocycles. The summed E-state index contributed by atoms with van der Waals surface area (Å²) in [5, 5.41) is 11.7. The fourth-order valence-electron chi connectivity index (χ4n) is 1.36. The number of benzene rings is 1. The van der Waals surface area contributed by atoms with Crippen LogP contribution in [0.4, 0.5) is 0 Å². The Morgan fingerprint density at radius 1 is 1.41 bits per heavy atom. The molecule has 1 N–H and O–H groups in total. The van der Waals surface area contributed by atoms with Crippen LogP contribution in [0.15, 0.2) is 27.1 Å². The van der Waals surface area contributed by atoms with Crippen molar-refractivity contribution in [1.29, 1.82) is 0 Å². The van der Waals surface area contributed by atoms with E-state index in [0.717, 1.165) is 16.6 Å². The van der Waals surface area contributed by atoms with E-state index < -0.39 is 0 Å². The summed E-state index contributed by atoms with van der Waals surface area (Å²) < 4.78 is 6.40. The van der Waals surface area contributed by atoms with Gasteiger partial charge in [-0.15, -0.1) is 10.2 Å². The normalized spacial score (nSPS) is 10.8. The first kappa shape index (κ1) is 12.5. The van der Waals surface area contributed by atoms with Gasteiger partial charge >= 0.3 is 0 Å². The molecular weight excluding hydrogens is 305 g/mol. The van der Waals surface area contributed by atoms with Crippen molar-refractivity contribution < 1.29 is 4.42 Å². The van der Waals surface area contributed by atoms with Crippen LogP contribution in [0.1, 0.15) is 5.89 Å². The first-order valence-corrected chi connectivity index (χ1v) is 6.30. The van der Waals surface area contributed by atoms with Gasteiger partial charge in [-0.3, -0.25) is 0 Å². The molecule has 1 aromatic carbocycles. The number of nitrogens with zero attached hydrogens (tertiary/aromatic N) is 2. The molecule has 2 aromatic rings. The van der Waals surface area contributed by atoms with Gasteiger partial charge < -0.3 is 9.73 Å². The molecule has 0 atom stereocenters. The van der Waals surface area contributed by atoms with E-state index in [0.29, 0.717) is 23.2 Å². The molecule has 0 fully saturated rings. The van der Waals surface area contributed by atoms with Gasteiger partial charge in [-0.1, -0.05) is 11.6 Å². The van der Waals surface area contributed by atoms with E-state index in [4.69, 9.17) is 16.0 Å². The van der Waals surface area contributed by atoms with E-state index in [1.807, 2.05) is 13.1 Å². The summed E-state index contributed by atoms with van der Waals surface area (Å²) in [5.74, 6) is 1.12. The van der Waals surface area contributed by atoms with Gasteiger partial charge in [0, 0.05) is 22.5 Å². The third-order valence-electron chi connectivity index (χ3n) is 2.22. The van der Waals surface area contributed by atoms with E-state index in [9.17, 15) is 0 Å². The van der Waals surface area contributed by atoms with Crippen LogP contribution < -0.4 is 5.32 Å². The van der Waals surface area contributed by atoms with Crippen LogP contribution in [0.3, 0.4) is 0 Å². The zero-order valence-corrected chi connectivity index (χ0v) is 11.5. The molecule has 0 unspecified atom stereocenters. The SMILES string of the molecule is CNCCc1nnc(-c2ccc(Cl)cc2Br)o1. The van der Waals surface area contributed by atoms with Crippen molar-refractivity contribution in [1.82, 2.24) is 15.5 Å². The van der Waals surface area contributed by atoms with Crippen LogP contribution in [0.2, 0.25) is 5.02 Å². The number of halogens is 2. The predicted octanol–water partition coefficient (Wildman–Crippen LogP) is 2.91. The van der Waals surface area contributed by atoms with Gasteiger partial charge in [0.15, 0.2) is 0 Å². The Morgan fingerprint density at radius 2 is 2.24 bits per heavy atom. The first-order valence-electron chi connectivity index (χ1n) is 5.13. The molecule has 1 heterocycles. The van der Waals surface area contributed by atoms with Crippen molar-refractivity contribution in [3.05, 3.63) is 33.6 Å². The van der Waals surface area contributed by atoms with Gasteiger partial charge in [-0.25, -0.2) is 0 Å². The van der Waals surface area contributed by atoms with Crippen molar-refractivity contribution in [3.63, 3.8) is 0 Å². The lowest BCUT2D eigenvalue weighted by atomic mass is 10.2. The molecule has 0 amide bonds. The lowest BCUT2D eigenvalue weighted by Crippen LogP contribution is -2.10. The molecule has 0 aliphatic rings. The van der Waals surface area contributed by atoms with Gasteiger partial charge in [0.2, 0.25) is 11.8 Å². The number of hydrogen-bond donors (Lipinski definition) is 1. The monoisotopic (exact) mass is 315 g/mol. The zero-order valence-electron chi connectivity index (χ0n) is 9.20. The predicted molar refractivity (Wildman–Crippen MR) is 70.1 cm³/mol. The Labute approximate surface area is 113 Å². The van der Waals surface area contributed by atoms with Gasteiger partial charge in [0.05, 0.1) is 5.56 Å². The molecular formula is C11H11BrClN3O. The second kappa shape index (κ2) is 5.62. The van der Waals surface area contributed by atoms with Crippen LogP contribution in [0, 0.1) is 0 Å². The Bertz CT molecular complexity index is 515. The highest BCUT2D eigenvalue weighted by Crippen LogP contribution is 2.29. The number of aromatic nitrogens is 2. The van der Waals surface area contributed by atoms with Gasteiger partial charge in [-0.05, 0) is 41.2 Å². The highest BCUT2D eigenvalue weighted by molar-refractivity contribution is 9.10. The Hall–Kier alpha value is -0.910. The number of rotatable bonds is 4. The smallest absolute Gasteiger partial charge is 0.248 e. The minimum Gasteiger partial charge on any atom is -0.421 e. The van der Waals surface area contributed by atoms with Crippen LogP contribution >= 0.6 is 27.5 Å². The standard InChI is InChI=1S/C11H11BrClN3O/c1-14-5-4-10-15-16-11(17-10)8-3-2-7(13)6-9(8)12/h2-3,6,14H,4-5H2,1H3. The molecule has 0 radical (unpaired) electrons. The van der Waals surface area contributed by atoms with E-state index in [1.165, 1.54) is 0 Å². The molecule has 0 bridgehead atoms. The van der Waals surface area contributed by atoms with Crippen LogP contribution in [0.5, 0.6) is 0 Å². The van der Waals surface area contributed by atoms with E-state index in [-0.39, 0.29) is 0 Å². The van der Waals surface area contributed by atoms with Crippen molar-refractivity contribution in [3.8, 4) is 11.5 Å².